The van der Waals surface area contributed by atoms with Crippen molar-refractivity contribution in [1.29, 1.82) is 0 Å². The zero-order valence-corrected chi connectivity index (χ0v) is 11.4. The first-order chi connectivity index (χ1) is 8.58. The predicted molar refractivity (Wildman–Crippen MR) is 72.7 cm³/mol. The number of rotatable bonds is 4. The van der Waals surface area contributed by atoms with Crippen molar-refractivity contribution in [2.45, 2.75) is 45.4 Å². The Kier molecular flexibility index (Phi) is 4.25. The summed E-state index contributed by atoms with van der Waals surface area (Å²) >= 11 is 0. The second-order valence-electron chi connectivity index (χ2n) is 5.36. The Bertz CT molecular complexity index is 375. The average Bonchev–Trinajstić information content (AvgIpc) is 2.75. The average molecular weight is 249 g/mol. The van der Waals surface area contributed by atoms with E-state index in [0.717, 1.165) is 24.3 Å². The van der Waals surface area contributed by atoms with Crippen LogP contribution in [0.15, 0.2) is 24.3 Å². The van der Waals surface area contributed by atoms with E-state index in [1.807, 2.05) is 38.1 Å². The molecule has 3 heteroatoms. The van der Waals surface area contributed by atoms with Crippen LogP contribution in [0, 0.1) is 5.92 Å². The summed E-state index contributed by atoms with van der Waals surface area (Å²) in [6.07, 6.45) is 1.44. The van der Waals surface area contributed by atoms with Gasteiger partial charge in [0.25, 0.3) is 0 Å². The van der Waals surface area contributed by atoms with Crippen LogP contribution in [-0.4, -0.2) is 18.8 Å². The molecular formula is C15H23NO2. The normalized spacial score (nSPS) is 25.4. The maximum Gasteiger partial charge on any atom is 0.119 e. The Labute approximate surface area is 109 Å². The van der Waals surface area contributed by atoms with E-state index in [1.54, 1.807) is 0 Å². The van der Waals surface area contributed by atoms with Crippen LogP contribution in [0.25, 0.3) is 0 Å². The van der Waals surface area contributed by atoms with Gasteiger partial charge in [-0.3, -0.25) is 0 Å². The summed E-state index contributed by atoms with van der Waals surface area (Å²) in [7, 11) is 0. The summed E-state index contributed by atoms with van der Waals surface area (Å²) in [4.78, 5) is 0. The van der Waals surface area contributed by atoms with Crippen molar-refractivity contribution >= 4 is 0 Å². The van der Waals surface area contributed by atoms with Gasteiger partial charge in [-0.25, -0.2) is 0 Å². The first-order valence-electron chi connectivity index (χ1n) is 6.71. The molecule has 0 aromatic heterocycles. The molecule has 2 N–H and O–H groups in total. The fourth-order valence-electron chi connectivity index (χ4n) is 2.41. The molecule has 1 aliphatic rings. The molecule has 0 spiro atoms. The molecule has 1 heterocycles. The molecule has 3 nitrogen and oxygen atoms in total. The summed E-state index contributed by atoms with van der Waals surface area (Å²) in [6.45, 7) is 7.07. The largest absolute Gasteiger partial charge is 0.491 e. The van der Waals surface area contributed by atoms with Crippen LogP contribution in [0.4, 0.5) is 0 Å². The monoisotopic (exact) mass is 249 g/mol. The van der Waals surface area contributed by atoms with Crippen molar-refractivity contribution in [3.8, 4) is 5.75 Å². The molecule has 3 unspecified atom stereocenters. The van der Waals surface area contributed by atoms with Crippen molar-refractivity contribution in [2.24, 2.45) is 11.7 Å². The topological polar surface area (TPSA) is 44.5 Å². The predicted octanol–water partition coefficient (Wildman–Crippen LogP) is 2.90. The second-order valence-corrected chi connectivity index (χ2v) is 5.36. The van der Waals surface area contributed by atoms with Gasteiger partial charge in [-0.2, -0.15) is 0 Å². The lowest BCUT2D eigenvalue weighted by atomic mass is 9.93. The second kappa shape index (κ2) is 5.72. The first kappa shape index (κ1) is 13.4. The van der Waals surface area contributed by atoms with Crippen LogP contribution < -0.4 is 10.5 Å². The third-order valence-corrected chi connectivity index (χ3v) is 3.44. The minimum atomic E-state index is -0.0457. The van der Waals surface area contributed by atoms with Gasteiger partial charge >= 0.3 is 0 Å². The molecule has 0 amide bonds. The standard InChI is InChI=1S/C15H23NO2/c1-10(2)18-13-6-4-12(5-7-13)14(16)15-11(3)8-9-17-15/h4-7,10-11,14-15H,8-9,16H2,1-3H3. The molecule has 1 aromatic carbocycles. The van der Waals surface area contributed by atoms with Crippen LogP contribution in [0.3, 0.4) is 0 Å². The third-order valence-electron chi connectivity index (χ3n) is 3.44. The molecule has 1 aliphatic heterocycles. The number of benzene rings is 1. The van der Waals surface area contributed by atoms with Gasteiger partial charge < -0.3 is 15.2 Å². The highest BCUT2D eigenvalue weighted by atomic mass is 16.5. The van der Waals surface area contributed by atoms with Gasteiger partial charge in [-0.1, -0.05) is 19.1 Å². The Balaban J connectivity index is 2.04. The minimum Gasteiger partial charge on any atom is -0.491 e. The van der Waals surface area contributed by atoms with E-state index in [2.05, 4.69) is 6.92 Å². The summed E-state index contributed by atoms with van der Waals surface area (Å²) in [6, 6.07) is 7.99. The van der Waals surface area contributed by atoms with Crippen molar-refractivity contribution in [1.82, 2.24) is 0 Å². The molecule has 1 fully saturated rings. The van der Waals surface area contributed by atoms with Crippen LogP contribution in [0.1, 0.15) is 38.8 Å². The van der Waals surface area contributed by atoms with Gasteiger partial charge in [0.15, 0.2) is 0 Å². The van der Waals surface area contributed by atoms with E-state index in [9.17, 15) is 0 Å². The van der Waals surface area contributed by atoms with Crippen LogP contribution in [0.5, 0.6) is 5.75 Å². The number of ether oxygens (including phenoxy) is 2. The Morgan fingerprint density at radius 2 is 1.94 bits per heavy atom. The quantitative estimate of drug-likeness (QED) is 0.892. The third kappa shape index (κ3) is 3.03. The summed E-state index contributed by atoms with van der Waals surface area (Å²) in [5.41, 5.74) is 7.39. The fourth-order valence-corrected chi connectivity index (χ4v) is 2.41. The zero-order chi connectivity index (χ0) is 13.1. The van der Waals surface area contributed by atoms with E-state index in [-0.39, 0.29) is 18.2 Å². The van der Waals surface area contributed by atoms with E-state index >= 15 is 0 Å². The molecule has 1 saturated heterocycles. The highest BCUT2D eigenvalue weighted by molar-refractivity contribution is 5.30. The molecule has 0 saturated carbocycles. The molecule has 0 bridgehead atoms. The van der Waals surface area contributed by atoms with E-state index < -0.39 is 0 Å². The fraction of sp³-hybridized carbons (Fsp3) is 0.600. The molecular weight excluding hydrogens is 226 g/mol. The number of hydrogen-bond donors (Lipinski definition) is 1. The maximum atomic E-state index is 6.28. The zero-order valence-electron chi connectivity index (χ0n) is 11.4. The smallest absolute Gasteiger partial charge is 0.119 e. The lowest BCUT2D eigenvalue weighted by Gasteiger charge is -2.23. The van der Waals surface area contributed by atoms with Gasteiger partial charge in [0.05, 0.1) is 18.2 Å². The lowest BCUT2D eigenvalue weighted by molar-refractivity contribution is 0.0724. The van der Waals surface area contributed by atoms with Crippen LogP contribution in [-0.2, 0) is 4.74 Å². The van der Waals surface area contributed by atoms with E-state index in [4.69, 9.17) is 15.2 Å². The molecule has 100 valence electrons. The SMILES string of the molecule is CC(C)Oc1ccc(C(N)C2OCCC2C)cc1. The molecule has 18 heavy (non-hydrogen) atoms. The van der Waals surface area contributed by atoms with Crippen molar-refractivity contribution in [2.75, 3.05) is 6.61 Å². The molecule has 1 aromatic rings. The lowest BCUT2D eigenvalue weighted by Crippen LogP contribution is -2.29. The summed E-state index contributed by atoms with van der Waals surface area (Å²) in [5.74, 6) is 1.42. The number of hydrogen-bond acceptors (Lipinski definition) is 3. The molecule has 2 rings (SSSR count). The van der Waals surface area contributed by atoms with Crippen molar-refractivity contribution in [3.05, 3.63) is 29.8 Å². The van der Waals surface area contributed by atoms with Crippen molar-refractivity contribution < 1.29 is 9.47 Å². The number of nitrogens with two attached hydrogens (primary N) is 1. The van der Waals surface area contributed by atoms with Crippen LogP contribution >= 0.6 is 0 Å². The molecule has 0 aliphatic carbocycles. The van der Waals surface area contributed by atoms with E-state index in [0.29, 0.717) is 5.92 Å². The Hall–Kier alpha value is -1.06. The summed E-state index contributed by atoms with van der Waals surface area (Å²) in [5, 5.41) is 0. The molecule has 3 atom stereocenters. The van der Waals surface area contributed by atoms with Gasteiger partial charge in [0.1, 0.15) is 5.75 Å². The maximum absolute atomic E-state index is 6.28. The van der Waals surface area contributed by atoms with Crippen LogP contribution in [0.2, 0.25) is 0 Å². The highest BCUT2D eigenvalue weighted by Gasteiger charge is 2.30. The highest BCUT2D eigenvalue weighted by Crippen LogP contribution is 2.30. The van der Waals surface area contributed by atoms with Gasteiger partial charge in [0, 0.05) is 6.61 Å². The van der Waals surface area contributed by atoms with Gasteiger partial charge in [-0.05, 0) is 43.9 Å². The van der Waals surface area contributed by atoms with Gasteiger partial charge in [0.2, 0.25) is 0 Å². The summed E-state index contributed by atoms with van der Waals surface area (Å²) < 4.78 is 11.3. The minimum absolute atomic E-state index is 0.0457. The van der Waals surface area contributed by atoms with E-state index in [1.165, 1.54) is 0 Å². The Morgan fingerprint density at radius 3 is 2.44 bits per heavy atom. The first-order valence-corrected chi connectivity index (χ1v) is 6.71. The Morgan fingerprint density at radius 1 is 1.28 bits per heavy atom. The van der Waals surface area contributed by atoms with Gasteiger partial charge in [-0.15, -0.1) is 0 Å². The van der Waals surface area contributed by atoms with Crippen molar-refractivity contribution in [3.63, 3.8) is 0 Å². The molecule has 0 radical (unpaired) electrons.